The first-order chi connectivity index (χ1) is 13.0. The molecule has 0 aliphatic heterocycles. The predicted molar refractivity (Wildman–Crippen MR) is 107 cm³/mol. The van der Waals surface area contributed by atoms with Gasteiger partial charge in [-0.25, -0.2) is 9.78 Å². The molecule has 1 N–H and O–H groups in total. The number of benzene rings is 2. The van der Waals surface area contributed by atoms with Crippen LogP contribution in [0.4, 0.5) is 5.69 Å². The van der Waals surface area contributed by atoms with Crippen LogP contribution in [-0.4, -0.2) is 24.0 Å². The molecule has 3 aromatic rings. The number of nitrogens with one attached hydrogen (secondary N) is 1. The van der Waals surface area contributed by atoms with Crippen LogP contribution in [0.5, 0.6) is 0 Å². The second-order valence-electron chi connectivity index (χ2n) is 6.13. The molecule has 0 aliphatic rings. The van der Waals surface area contributed by atoms with Gasteiger partial charge in [0.05, 0.1) is 18.4 Å². The quantitative estimate of drug-likeness (QED) is 0.641. The second-order valence-corrected chi connectivity index (χ2v) is 6.99. The summed E-state index contributed by atoms with van der Waals surface area (Å²) >= 11 is 1.58. The van der Waals surface area contributed by atoms with Crippen LogP contribution in [0.2, 0.25) is 0 Å². The van der Waals surface area contributed by atoms with Crippen molar-refractivity contribution in [3.05, 3.63) is 70.7 Å². The fraction of sp³-hybridized carbons (Fsp3) is 0.190. The molecule has 27 heavy (non-hydrogen) atoms. The Morgan fingerprint density at radius 1 is 1.15 bits per heavy atom. The molecule has 1 amide bonds. The van der Waals surface area contributed by atoms with Gasteiger partial charge in [-0.3, -0.25) is 4.79 Å². The molecule has 0 atom stereocenters. The number of hydrogen-bond acceptors (Lipinski definition) is 5. The van der Waals surface area contributed by atoms with E-state index in [1.165, 1.54) is 12.7 Å². The number of carbonyl (C=O) groups excluding carboxylic acids is 2. The normalized spacial score (nSPS) is 10.4. The molecule has 0 spiro atoms. The smallest absolute Gasteiger partial charge is 0.337 e. The van der Waals surface area contributed by atoms with Crippen LogP contribution in [0, 0.1) is 6.92 Å². The molecule has 0 fully saturated rings. The summed E-state index contributed by atoms with van der Waals surface area (Å²) in [4.78, 5) is 28.4. The Hall–Kier alpha value is -2.99. The maximum Gasteiger partial charge on any atom is 0.337 e. The van der Waals surface area contributed by atoms with E-state index in [1.54, 1.807) is 35.6 Å². The fourth-order valence-corrected chi connectivity index (χ4v) is 3.49. The third-order valence-corrected chi connectivity index (χ3v) is 4.93. The van der Waals surface area contributed by atoms with Crippen LogP contribution in [0.1, 0.15) is 28.0 Å². The predicted octanol–water partition coefficient (Wildman–Crippen LogP) is 4.48. The molecule has 0 aliphatic carbocycles. The third-order valence-electron chi connectivity index (χ3n) is 3.99. The van der Waals surface area contributed by atoms with Crippen molar-refractivity contribution in [2.45, 2.75) is 19.8 Å². The first-order valence-electron chi connectivity index (χ1n) is 8.55. The van der Waals surface area contributed by atoms with Gasteiger partial charge in [0, 0.05) is 23.1 Å². The first-order valence-corrected chi connectivity index (χ1v) is 9.43. The van der Waals surface area contributed by atoms with Gasteiger partial charge in [-0.1, -0.05) is 29.8 Å². The summed E-state index contributed by atoms with van der Waals surface area (Å²) < 4.78 is 4.69. The molecule has 6 heteroatoms. The highest BCUT2D eigenvalue weighted by Crippen LogP contribution is 2.25. The number of hydrogen-bond donors (Lipinski definition) is 1. The maximum atomic E-state index is 12.2. The van der Waals surface area contributed by atoms with E-state index in [0.29, 0.717) is 24.1 Å². The van der Waals surface area contributed by atoms with Crippen molar-refractivity contribution in [2.75, 3.05) is 12.4 Å². The van der Waals surface area contributed by atoms with Crippen LogP contribution < -0.4 is 5.32 Å². The van der Waals surface area contributed by atoms with Crippen LogP contribution in [0.15, 0.2) is 53.9 Å². The Bertz CT molecular complexity index is 965. The molecular formula is C21H20N2O3S. The minimum Gasteiger partial charge on any atom is -0.465 e. The van der Waals surface area contributed by atoms with Crippen LogP contribution in [0.25, 0.3) is 10.6 Å². The number of nitrogens with zero attached hydrogens (tertiary/aromatic N) is 1. The minimum absolute atomic E-state index is 0.123. The van der Waals surface area contributed by atoms with Gasteiger partial charge in [-0.2, -0.15) is 0 Å². The lowest BCUT2D eigenvalue weighted by molar-refractivity contribution is -0.116. The maximum absolute atomic E-state index is 12.2. The topological polar surface area (TPSA) is 68.3 Å². The number of methoxy groups -OCH3 is 1. The average molecular weight is 380 g/mol. The van der Waals surface area contributed by atoms with E-state index in [1.807, 2.05) is 17.5 Å². The summed E-state index contributed by atoms with van der Waals surface area (Å²) in [5.41, 5.74) is 4.15. The van der Waals surface area contributed by atoms with Gasteiger partial charge in [0.1, 0.15) is 5.01 Å². The standard InChI is InChI=1S/C21H20N2O3S/c1-14-5-3-6-15(11-14)20-23-18(13-27-20)9-10-19(24)22-17-8-4-7-16(12-17)21(25)26-2/h3-8,11-13H,9-10H2,1-2H3,(H,22,24). The van der Waals surface area contributed by atoms with Gasteiger partial charge >= 0.3 is 5.97 Å². The summed E-state index contributed by atoms with van der Waals surface area (Å²) in [6, 6.07) is 14.9. The van der Waals surface area contributed by atoms with Crippen molar-refractivity contribution in [1.29, 1.82) is 0 Å². The van der Waals surface area contributed by atoms with Gasteiger partial charge in [0.25, 0.3) is 0 Å². The molecular weight excluding hydrogens is 360 g/mol. The monoisotopic (exact) mass is 380 g/mol. The van der Waals surface area contributed by atoms with E-state index in [9.17, 15) is 9.59 Å². The Kier molecular flexibility index (Phi) is 5.98. The zero-order valence-electron chi connectivity index (χ0n) is 15.2. The van der Waals surface area contributed by atoms with Crippen LogP contribution >= 0.6 is 11.3 Å². The lowest BCUT2D eigenvalue weighted by Crippen LogP contribution is -2.13. The highest BCUT2D eigenvalue weighted by Gasteiger charge is 2.10. The summed E-state index contributed by atoms with van der Waals surface area (Å²) in [6.45, 7) is 2.05. The molecule has 0 unspecified atom stereocenters. The lowest BCUT2D eigenvalue weighted by Gasteiger charge is -2.06. The molecule has 3 rings (SSSR count). The Labute approximate surface area is 162 Å². The molecule has 138 valence electrons. The van der Waals surface area contributed by atoms with E-state index in [4.69, 9.17) is 0 Å². The first kappa shape index (κ1) is 18.8. The van der Waals surface area contributed by atoms with Crippen molar-refractivity contribution < 1.29 is 14.3 Å². The van der Waals surface area contributed by atoms with E-state index in [0.717, 1.165) is 16.3 Å². The Morgan fingerprint density at radius 2 is 1.96 bits per heavy atom. The summed E-state index contributed by atoms with van der Waals surface area (Å²) in [5.74, 6) is -0.556. The van der Waals surface area contributed by atoms with E-state index in [2.05, 4.69) is 34.1 Å². The fourth-order valence-electron chi connectivity index (χ4n) is 2.64. The van der Waals surface area contributed by atoms with E-state index >= 15 is 0 Å². The lowest BCUT2D eigenvalue weighted by atomic mass is 10.1. The van der Waals surface area contributed by atoms with E-state index in [-0.39, 0.29) is 5.91 Å². The van der Waals surface area contributed by atoms with E-state index < -0.39 is 5.97 Å². The average Bonchev–Trinajstić information content (AvgIpc) is 3.15. The third kappa shape index (κ3) is 5.01. The van der Waals surface area contributed by atoms with Crippen molar-refractivity contribution in [3.8, 4) is 10.6 Å². The SMILES string of the molecule is COC(=O)c1cccc(NC(=O)CCc2csc(-c3cccc(C)c3)n2)c1. The number of thiazole rings is 1. The van der Waals surface area contributed by atoms with Crippen molar-refractivity contribution >= 4 is 28.9 Å². The molecule has 5 nitrogen and oxygen atoms in total. The molecule has 1 aromatic heterocycles. The van der Waals surface area contributed by atoms with Crippen LogP contribution in [-0.2, 0) is 16.0 Å². The molecule has 0 saturated carbocycles. The number of aromatic nitrogens is 1. The number of ether oxygens (including phenoxy) is 1. The number of rotatable bonds is 6. The molecule has 1 heterocycles. The van der Waals surface area contributed by atoms with Gasteiger partial charge in [-0.05, 0) is 37.6 Å². The van der Waals surface area contributed by atoms with Crippen molar-refractivity contribution in [2.24, 2.45) is 0 Å². The second kappa shape index (κ2) is 8.60. The summed E-state index contributed by atoms with van der Waals surface area (Å²) in [7, 11) is 1.33. The molecule has 2 aromatic carbocycles. The highest BCUT2D eigenvalue weighted by atomic mass is 32.1. The van der Waals surface area contributed by atoms with Gasteiger partial charge in [0.15, 0.2) is 0 Å². The van der Waals surface area contributed by atoms with Crippen LogP contribution in [0.3, 0.4) is 0 Å². The molecule has 0 bridgehead atoms. The van der Waals surface area contributed by atoms with Crippen molar-refractivity contribution in [1.82, 2.24) is 4.98 Å². The highest BCUT2D eigenvalue weighted by molar-refractivity contribution is 7.13. The summed E-state index contributed by atoms with van der Waals surface area (Å²) in [6.07, 6.45) is 0.879. The van der Waals surface area contributed by atoms with Crippen molar-refractivity contribution in [3.63, 3.8) is 0 Å². The Morgan fingerprint density at radius 3 is 2.74 bits per heavy atom. The molecule has 0 saturated heterocycles. The number of aryl methyl sites for hydroxylation is 2. The number of carbonyl (C=O) groups is 2. The molecule has 0 radical (unpaired) electrons. The number of anilines is 1. The van der Waals surface area contributed by atoms with Gasteiger partial charge in [0.2, 0.25) is 5.91 Å². The number of amides is 1. The minimum atomic E-state index is -0.433. The zero-order chi connectivity index (χ0) is 19.2. The van der Waals surface area contributed by atoms with Gasteiger partial charge in [-0.15, -0.1) is 11.3 Å². The Balaban J connectivity index is 1.58. The zero-order valence-corrected chi connectivity index (χ0v) is 16.0. The number of esters is 1. The summed E-state index contributed by atoms with van der Waals surface area (Å²) in [5, 5.41) is 5.75. The largest absolute Gasteiger partial charge is 0.465 e. The van der Waals surface area contributed by atoms with Gasteiger partial charge < -0.3 is 10.1 Å².